The molecule has 1 aromatic heterocycles. The number of thiophene rings is 1. The van der Waals surface area contributed by atoms with Crippen LogP contribution in [0, 0.1) is 11.7 Å². The molecule has 1 aliphatic heterocycles. The maximum Gasteiger partial charge on any atom is 0.340 e. The van der Waals surface area contributed by atoms with Crippen LogP contribution in [-0.4, -0.2) is 38.8 Å². The Labute approximate surface area is 185 Å². The molecule has 0 spiro atoms. The van der Waals surface area contributed by atoms with Crippen molar-refractivity contribution >= 4 is 33.2 Å². The summed E-state index contributed by atoms with van der Waals surface area (Å²) in [5, 5.41) is 0. The number of hydrogen-bond acceptors (Lipinski definition) is 6. The molecule has 0 bridgehead atoms. The first kappa shape index (κ1) is 23.4. The van der Waals surface area contributed by atoms with Gasteiger partial charge in [-0.05, 0) is 36.1 Å². The number of fused-ring (bicyclic) bond motifs is 1. The number of nitrogens with one attached hydrogen (secondary N) is 1. The molecule has 7 nitrogen and oxygen atoms in total. The van der Waals surface area contributed by atoms with Crippen LogP contribution in [0.1, 0.15) is 46.6 Å². The summed E-state index contributed by atoms with van der Waals surface area (Å²) in [7, 11) is -2.87. The Balaban J connectivity index is 1.92. The summed E-state index contributed by atoms with van der Waals surface area (Å²) in [4.78, 5) is 27.4. The standard InChI is InChI=1S/C21H25FN2O5S2/c1-4-13(2)19(25)24-9-8-16-17(12-24)30-21(18(16)20(26)29-3)31(27,28)23-11-14-6-5-7-15(22)10-14/h5-7,10,13,23H,4,8-9,11-12H2,1-3H3/t13-/m1/s1. The summed E-state index contributed by atoms with van der Waals surface area (Å²) < 4.78 is 46.6. The van der Waals surface area contributed by atoms with Crippen molar-refractivity contribution < 1.29 is 27.1 Å². The van der Waals surface area contributed by atoms with Gasteiger partial charge in [0.25, 0.3) is 10.0 Å². The normalized spacial score (nSPS) is 14.8. The van der Waals surface area contributed by atoms with Crippen LogP contribution in [-0.2, 0) is 39.1 Å². The zero-order valence-electron chi connectivity index (χ0n) is 17.6. The van der Waals surface area contributed by atoms with E-state index < -0.39 is 21.8 Å². The van der Waals surface area contributed by atoms with E-state index in [0.29, 0.717) is 35.4 Å². The molecule has 31 heavy (non-hydrogen) atoms. The lowest BCUT2D eigenvalue weighted by molar-refractivity contribution is -0.135. The van der Waals surface area contributed by atoms with Gasteiger partial charge in [0.05, 0.1) is 19.2 Å². The van der Waals surface area contributed by atoms with E-state index >= 15 is 0 Å². The van der Waals surface area contributed by atoms with Gasteiger partial charge in [-0.1, -0.05) is 26.0 Å². The minimum absolute atomic E-state index is 0.00908. The average Bonchev–Trinajstić information content (AvgIpc) is 3.16. The number of hydrogen-bond donors (Lipinski definition) is 1. The van der Waals surface area contributed by atoms with Gasteiger partial charge in [-0.25, -0.2) is 22.3 Å². The summed E-state index contributed by atoms with van der Waals surface area (Å²) in [5.74, 6) is -1.32. The van der Waals surface area contributed by atoms with Crippen molar-refractivity contribution in [2.45, 2.75) is 44.0 Å². The van der Waals surface area contributed by atoms with Crippen molar-refractivity contribution in [2.24, 2.45) is 5.92 Å². The van der Waals surface area contributed by atoms with E-state index in [1.807, 2.05) is 13.8 Å². The second-order valence-electron chi connectivity index (χ2n) is 7.43. The van der Waals surface area contributed by atoms with E-state index in [0.717, 1.165) is 11.3 Å². The Kier molecular flexibility index (Phi) is 7.13. The number of esters is 1. The van der Waals surface area contributed by atoms with Crippen molar-refractivity contribution in [3.8, 4) is 0 Å². The van der Waals surface area contributed by atoms with Crippen LogP contribution in [0.25, 0.3) is 0 Å². The van der Waals surface area contributed by atoms with Crippen LogP contribution < -0.4 is 4.72 Å². The van der Waals surface area contributed by atoms with Gasteiger partial charge in [-0.15, -0.1) is 11.3 Å². The van der Waals surface area contributed by atoms with Crippen LogP contribution in [0.4, 0.5) is 4.39 Å². The van der Waals surface area contributed by atoms with Gasteiger partial charge in [0, 0.05) is 23.9 Å². The zero-order chi connectivity index (χ0) is 22.8. The maximum absolute atomic E-state index is 13.4. The molecule has 1 N–H and O–H groups in total. The van der Waals surface area contributed by atoms with Gasteiger partial charge < -0.3 is 9.64 Å². The molecular formula is C21H25FN2O5S2. The molecule has 2 heterocycles. The van der Waals surface area contributed by atoms with Crippen LogP contribution in [0.5, 0.6) is 0 Å². The van der Waals surface area contributed by atoms with Gasteiger partial charge >= 0.3 is 5.97 Å². The van der Waals surface area contributed by atoms with E-state index in [1.54, 1.807) is 11.0 Å². The molecule has 0 fully saturated rings. The predicted octanol–water partition coefficient (Wildman–Crippen LogP) is 3.08. The van der Waals surface area contributed by atoms with Crippen molar-refractivity contribution in [1.29, 1.82) is 0 Å². The Hall–Kier alpha value is -2.30. The quantitative estimate of drug-likeness (QED) is 0.631. The summed E-state index contributed by atoms with van der Waals surface area (Å²) in [6.07, 6.45) is 1.08. The highest BCUT2D eigenvalue weighted by Crippen LogP contribution is 2.37. The van der Waals surface area contributed by atoms with Crippen LogP contribution in [0.3, 0.4) is 0 Å². The van der Waals surface area contributed by atoms with Crippen LogP contribution in [0.15, 0.2) is 28.5 Å². The Morgan fingerprint density at radius 1 is 1.35 bits per heavy atom. The lowest BCUT2D eigenvalue weighted by atomic mass is 10.0. The Bertz CT molecular complexity index is 1100. The monoisotopic (exact) mass is 468 g/mol. The topological polar surface area (TPSA) is 92.8 Å². The number of sulfonamides is 1. The smallest absolute Gasteiger partial charge is 0.340 e. The first-order valence-electron chi connectivity index (χ1n) is 9.93. The van der Waals surface area contributed by atoms with E-state index in [4.69, 9.17) is 4.74 Å². The van der Waals surface area contributed by atoms with Crippen molar-refractivity contribution in [1.82, 2.24) is 9.62 Å². The van der Waals surface area contributed by atoms with Crippen molar-refractivity contribution in [3.05, 3.63) is 51.7 Å². The largest absolute Gasteiger partial charge is 0.465 e. The molecule has 1 atom stereocenters. The molecule has 0 radical (unpaired) electrons. The number of halogens is 1. The second-order valence-corrected chi connectivity index (χ2v) is 10.5. The number of amides is 1. The Morgan fingerprint density at radius 2 is 2.10 bits per heavy atom. The molecule has 1 amide bonds. The predicted molar refractivity (Wildman–Crippen MR) is 115 cm³/mol. The fourth-order valence-corrected chi connectivity index (χ4v) is 6.40. The zero-order valence-corrected chi connectivity index (χ0v) is 19.2. The van der Waals surface area contributed by atoms with E-state index in [9.17, 15) is 22.4 Å². The molecule has 3 rings (SSSR count). The molecular weight excluding hydrogens is 443 g/mol. The Morgan fingerprint density at radius 3 is 2.74 bits per heavy atom. The fourth-order valence-electron chi connectivity index (χ4n) is 3.44. The number of carbonyl (C=O) groups is 2. The van der Waals surface area contributed by atoms with Gasteiger partial charge in [0.1, 0.15) is 10.0 Å². The second kappa shape index (κ2) is 9.46. The van der Waals surface area contributed by atoms with E-state index in [2.05, 4.69) is 4.72 Å². The first-order chi connectivity index (χ1) is 14.7. The summed E-state index contributed by atoms with van der Waals surface area (Å²) >= 11 is 0.972. The minimum Gasteiger partial charge on any atom is -0.465 e. The molecule has 1 aliphatic rings. The lowest BCUT2D eigenvalue weighted by Gasteiger charge is -2.29. The van der Waals surface area contributed by atoms with Crippen molar-refractivity contribution in [3.63, 3.8) is 0 Å². The molecule has 10 heteroatoms. The van der Waals surface area contributed by atoms with E-state index in [1.165, 1.54) is 25.3 Å². The van der Waals surface area contributed by atoms with E-state index in [-0.39, 0.29) is 34.7 Å². The number of benzene rings is 1. The number of nitrogens with zero attached hydrogens (tertiary/aromatic N) is 1. The number of carbonyl (C=O) groups excluding carboxylic acids is 2. The lowest BCUT2D eigenvalue weighted by Crippen LogP contribution is -2.38. The minimum atomic E-state index is -4.07. The number of ether oxygens (including phenoxy) is 1. The highest BCUT2D eigenvalue weighted by atomic mass is 32.2. The third-order valence-corrected chi connectivity index (χ3v) is 8.50. The molecule has 0 aliphatic carbocycles. The van der Waals surface area contributed by atoms with Crippen LogP contribution in [0.2, 0.25) is 0 Å². The summed E-state index contributed by atoms with van der Waals surface area (Å²) in [6, 6.07) is 5.60. The fraction of sp³-hybridized carbons (Fsp3) is 0.429. The summed E-state index contributed by atoms with van der Waals surface area (Å²) in [6.45, 7) is 4.34. The molecule has 1 aromatic carbocycles. The van der Waals surface area contributed by atoms with Gasteiger partial charge in [-0.3, -0.25) is 4.79 Å². The first-order valence-corrected chi connectivity index (χ1v) is 12.2. The molecule has 0 saturated carbocycles. The third-order valence-electron chi connectivity index (χ3n) is 5.36. The average molecular weight is 469 g/mol. The van der Waals surface area contributed by atoms with Gasteiger partial charge in [0.2, 0.25) is 5.91 Å². The summed E-state index contributed by atoms with van der Waals surface area (Å²) in [5.41, 5.74) is 1.08. The molecule has 0 unspecified atom stereocenters. The maximum atomic E-state index is 13.4. The number of methoxy groups -OCH3 is 1. The van der Waals surface area contributed by atoms with Gasteiger partial charge in [-0.2, -0.15) is 0 Å². The SMILES string of the molecule is CC[C@@H](C)C(=O)N1CCc2c(sc(S(=O)(=O)NCc3cccc(F)c3)c2C(=O)OC)C1. The highest BCUT2D eigenvalue weighted by Gasteiger charge is 2.35. The van der Waals surface area contributed by atoms with Crippen molar-refractivity contribution in [2.75, 3.05) is 13.7 Å². The van der Waals surface area contributed by atoms with Crippen LogP contribution >= 0.6 is 11.3 Å². The van der Waals surface area contributed by atoms with Gasteiger partial charge in [0.15, 0.2) is 0 Å². The third kappa shape index (κ3) is 4.97. The molecule has 168 valence electrons. The number of rotatable bonds is 7. The molecule has 2 aromatic rings. The molecule has 0 saturated heterocycles. The highest BCUT2D eigenvalue weighted by molar-refractivity contribution is 7.91.